The van der Waals surface area contributed by atoms with Crippen LogP contribution in [0.3, 0.4) is 0 Å². The molecule has 6 nitrogen and oxygen atoms in total. The number of benzene rings is 2. The van der Waals surface area contributed by atoms with Gasteiger partial charge in [0.05, 0.1) is 24.1 Å². The van der Waals surface area contributed by atoms with Gasteiger partial charge in [-0.1, -0.05) is 36.0 Å². The van der Waals surface area contributed by atoms with E-state index in [1.54, 1.807) is 37.4 Å². The lowest BCUT2D eigenvalue weighted by molar-refractivity contribution is -0.113. The van der Waals surface area contributed by atoms with Gasteiger partial charge in [-0.05, 0) is 38.1 Å². The molecule has 1 aromatic heterocycles. The number of hydrogen-bond acceptors (Lipinski definition) is 5. The second-order valence-electron chi connectivity index (χ2n) is 6.29. The van der Waals surface area contributed by atoms with Gasteiger partial charge in [0.2, 0.25) is 5.91 Å². The third-order valence-corrected chi connectivity index (χ3v) is 4.95. The van der Waals surface area contributed by atoms with E-state index in [1.165, 1.54) is 17.8 Å². The molecule has 0 aliphatic heterocycles. The molecule has 0 bridgehead atoms. The number of halogens is 1. The van der Waals surface area contributed by atoms with Gasteiger partial charge in [0, 0.05) is 6.04 Å². The molecule has 8 heteroatoms. The maximum Gasteiger partial charge on any atom is 0.234 e. The van der Waals surface area contributed by atoms with Crippen molar-refractivity contribution in [3.05, 3.63) is 54.3 Å². The Morgan fingerprint density at radius 2 is 1.89 bits per heavy atom. The third-order valence-electron chi connectivity index (χ3n) is 4.01. The van der Waals surface area contributed by atoms with Gasteiger partial charge in [0.25, 0.3) is 0 Å². The predicted molar refractivity (Wildman–Crippen MR) is 108 cm³/mol. The van der Waals surface area contributed by atoms with Crippen molar-refractivity contribution < 1.29 is 13.9 Å². The summed E-state index contributed by atoms with van der Waals surface area (Å²) in [7, 11) is 1.55. The average Bonchev–Trinajstić information content (AvgIpc) is 3.11. The summed E-state index contributed by atoms with van der Waals surface area (Å²) in [6.07, 6.45) is 0. The highest BCUT2D eigenvalue weighted by atomic mass is 32.2. The predicted octanol–water partition coefficient (Wildman–Crippen LogP) is 4.40. The second-order valence-corrected chi connectivity index (χ2v) is 7.23. The van der Waals surface area contributed by atoms with Gasteiger partial charge in [-0.2, -0.15) is 0 Å². The Kier molecular flexibility index (Phi) is 6.30. The summed E-state index contributed by atoms with van der Waals surface area (Å²) in [6.45, 7) is 3.93. The highest BCUT2D eigenvalue weighted by Crippen LogP contribution is 2.29. The number of ether oxygens (including phenoxy) is 1. The molecular weight excluding hydrogens is 379 g/mol. The van der Waals surface area contributed by atoms with E-state index in [1.807, 2.05) is 30.5 Å². The first-order valence-corrected chi connectivity index (χ1v) is 9.75. The Morgan fingerprint density at radius 3 is 2.61 bits per heavy atom. The van der Waals surface area contributed by atoms with Crippen molar-refractivity contribution in [2.45, 2.75) is 25.0 Å². The molecule has 3 rings (SSSR count). The van der Waals surface area contributed by atoms with E-state index in [-0.39, 0.29) is 23.5 Å². The van der Waals surface area contributed by atoms with Gasteiger partial charge in [0.1, 0.15) is 11.6 Å². The van der Waals surface area contributed by atoms with Crippen LogP contribution in [0.2, 0.25) is 0 Å². The molecule has 0 aliphatic carbocycles. The monoisotopic (exact) mass is 400 g/mol. The molecular formula is C20H21FN4O2S. The van der Waals surface area contributed by atoms with E-state index in [0.717, 1.165) is 0 Å². The van der Waals surface area contributed by atoms with Crippen molar-refractivity contribution >= 4 is 23.4 Å². The second kappa shape index (κ2) is 8.88. The minimum absolute atomic E-state index is 0.00406. The topological polar surface area (TPSA) is 69.0 Å². The number of thioether (sulfide) groups is 1. The van der Waals surface area contributed by atoms with Crippen LogP contribution in [-0.4, -0.2) is 33.5 Å². The van der Waals surface area contributed by atoms with Gasteiger partial charge in [-0.25, -0.2) is 4.39 Å². The molecule has 3 aromatic rings. The number of nitrogens with zero attached hydrogens (tertiary/aromatic N) is 3. The largest absolute Gasteiger partial charge is 0.495 e. The van der Waals surface area contributed by atoms with Crippen molar-refractivity contribution in [2.75, 3.05) is 18.2 Å². The maximum atomic E-state index is 14.2. The molecule has 1 amide bonds. The highest BCUT2D eigenvalue weighted by Gasteiger charge is 2.20. The van der Waals surface area contributed by atoms with E-state index in [9.17, 15) is 9.18 Å². The first-order chi connectivity index (χ1) is 13.5. The maximum absolute atomic E-state index is 14.2. The van der Waals surface area contributed by atoms with Crippen molar-refractivity contribution in [2.24, 2.45) is 0 Å². The molecule has 28 heavy (non-hydrogen) atoms. The summed E-state index contributed by atoms with van der Waals surface area (Å²) in [5.41, 5.74) is 0.988. The molecule has 0 spiro atoms. The molecule has 2 aromatic carbocycles. The van der Waals surface area contributed by atoms with Crippen LogP contribution >= 0.6 is 11.8 Å². The highest BCUT2D eigenvalue weighted by molar-refractivity contribution is 7.99. The van der Waals surface area contributed by atoms with E-state index in [4.69, 9.17) is 4.74 Å². The summed E-state index contributed by atoms with van der Waals surface area (Å²) >= 11 is 1.25. The quantitative estimate of drug-likeness (QED) is 0.595. The van der Waals surface area contributed by atoms with Crippen molar-refractivity contribution in [1.82, 2.24) is 14.8 Å². The van der Waals surface area contributed by atoms with Gasteiger partial charge < -0.3 is 10.1 Å². The van der Waals surface area contributed by atoms with Crippen LogP contribution in [0.25, 0.3) is 11.4 Å². The fraction of sp³-hybridized carbons (Fsp3) is 0.250. The normalized spacial score (nSPS) is 10.9. The Morgan fingerprint density at radius 1 is 1.18 bits per heavy atom. The third kappa shape index (κ3) is 4.33. The number of aromatic nitrogens is 3. The number of carbonyl (C=O) groups is 1. The van der Waals surface area contributed by atoms with Crippen LogP contribution in [0, 0.1) is 5.82 Å². The minimum atomic E-state index is -0.359. The number of anilines is 1. The van der Waals surface area contributed by atoms with Gasteiger partial charge in [-0.15, -0.1) is 10.2 Å². The lowest BCUT2D eigenvalue weighted by Gasteiger charge is -2.14. The molecule has 146 valence electrons. The molecule has 0 unspecified atom stereocenters. The summed E-state index contributed by atoms with van der Waals surface area (Å²) in [6, 6.07) is 13.7. The number of carbonyl (C=O) groups excluding carboxylic acids is 1. The number of methoxy groups -OCH3 is 1. The van der Waals surface area contributed by atoms with Crippen molar-refractivity contribution in [1.29, 1.82) is 0 Å². The smallest absolute Gasteiger partial charge is 0.234 e. The molecule has 0 radical (unpaired) electrons. The van der Waals surface area contributed by atoms with Gasteiger partial charge in [-0.3, -0.25) is 9.36 Å². The first kappa shape index (κ1) is 19.9. The molecule has 0 saturated heterocycles. The van der Waals surface area contributed by atoms with Gasteiger partial charge in [0.15, 0.2) is 11.0 Å². The van der Waals surface area contributed by atoms with Crippen molar-refractivity contribution in [3.63, 3.8) is 0 Å². The van der Waals surface area contributed by atoms with Crippen LogP contribution in [0.4, 0.5) is 10.1 Å². The molecule has 0 aliphatic rings. The van der Waals surface area contributed by atoms with E-state index >= 15 is 0 Å². The van der Waals surface area contributed by atoms with Crippen LogP contribution in [0.1, 0.15) is 19.9 Å². The van der Waals surface area contributed by atoms with E-state index in [0.29, 0.717) is 28.0 Å². The lowest BCUT2D eigenvalue weighted by atomic mass is 10.2. The molecule has 0 saturated carbocycles. The Hall–Kier alpha value is -2.87. The van der Waals surface area contributed by atoms with E-state index < -0.39 is 0 Å². The van der Waals surface area contributed by atoms with Crippen LogP contribution in [-0.2, 0) is 4.79 Å². The summed E-state index contributed by atoms with van der Waals surface area (Å²) in [4.78, 5) is 12.4. The van der Waals surface area contributed by atoms with Crippen LogP contribution in [0.15, 0.2) is 53.7 Å². The number of hydrogen-bond donors (Lipinski definition) is 1. The zero-order valence-electron chi connectivity index (χ0n) is 15.8. The molecule has 0 fully saturated rings. The number of amides is 1. The number of rotatable bonds is 7. The fourth-order valence-electron chi connectivity index (χ4n) is 2.73. The number of para-hydroxylation sites is 2. The minimum Gasteiger partial charge on any atom is -0.495 e. The zero-order chi connectivity index (χ0) is 20.1. The van der Waals surface area contributed by atoms with Crippen LogP contribution < -0.4 is 10.1 Å². The standard InChI is InChI=1S/C20H21FN4O2S/c1-13(2)25-19(14-8-4-5-9-15(14)21)23-24-20(25)28-12-18(26)22-16-10-6-7-11-17(16)27-3/h4-11,13H,12H2,1-3H3,(H,22,26). The molecule has 1 heterocycles. The Bertz CT molecular complexity index is 974. The number of nitrogens with one attached hydrogen (secondary N) is 1. The Labute approximate surface area is 167 Å². The SMILES string of the molecule is COc1ccccc1NC(=O)CSc1nnc(-c2ccccc2F)n1C(C)C. The van der Waals surface area contributed by atoms with Crippen molar-refractivity contribution in [3.8, 4) is 17.1 Å². The zero-order valence-corrected chi connectivity index (χ0v) is 16.7. The van der Waals surface area contributed by atoms with Gasteiger partial charge >= 0.3 is 0 Å². The van der Waals surface area contributed by atoms with Crippen LogP contribution in [0.5, 0.6) is 5.75 Å². The summed E-state index contributed by atoms with van der Waals surface area (Å²) in [5.74, 6) is 0.622. The van der Waals surface area contributed by atoms with E-state index in [2.05, 4.69) is 15.5 Å². The average molecular weight is 400 g/mol. The molecule has 0 atom stereocenters. The Balaban J connectivity index is 1.76. The summed E-state index contributed by atoms with van der Waals surface area (Å²) in [5, 5.41) is 11.7. The molecule has 1 N–H and O–H groups in total. The summed E-state index contributed by atoms with van der Waals surface area (Å²) < 4.78 is 21.3. The fourth-order valence-corrected chi connectivity index (χ4v) is 3.60. The first-order valence-electron chi connectivity index (χ1n) is 8.76. The lowest BCUT2D eigenvalue weighted by Crippen LogP contribution is -2.15.